The van der Waals surface area contributed by atoms with E-state index >= 15 is 0 Å². The summed E-state index contributed by atoms with van der Waals surface area (Å²) >= 11 is 1.94. The second-order valence-electron chi connectivity index (χ2n) is 8.43. The number of hydrogen-bond donors (Lipinski definition) is 2. The Kier molecular flexibility index (Phi) is 11.5. The molecule has 0 bridgehead atoms. The van der Waals surface area contributed by atoms with Crippen molar-refractivity contribution in [2.75, 3.05) is 39.9 Å². The topological polar surface area (TPSA) is 90.3 Å². The van der Waals surface area contributed by atoms with Gasteiger partial charge in [-0.05, 0) is 58.3 Å². The molecule has 2 aliphatic heterocycles. The fourth-order valence-corrected chi connectivity index (χ4v) is 4.83. The molecule has 202 valence electrons. The Hall–Kier alpha value is -1.90. The van der Waals surface area contributed by atoms with Crippen molar-refractivity contribution in [3.05, 3.63) is 21.9 Å². The van der Waals surface area contributed by atoms with E-state index in [0.29, 0.717) is 5.54 Å². The van der Waals surface area contributed by atoms with Gasteiger partial charge in [0.1, 0.15) is 0 Å². The van der Waals surface area contributed by atoms with Crippen LogP contribution in [0.2, 0.25) is 0 Å². The van der Waals surface area contributed by atoms with Crippen LogP contribution >= 0.6 is 11.3 Å². The molecule has 1 aromatic heterocycles. The highest BCUT2D eigenvalue weighted by molar-refractivity contribution is 7.11. The highest BCUT2D eigenvalue weighted by Gasteiger charge is 2.49. The highest BCUT2D eigenvalue weighted by Crippen LogP contribution is 2.39. The Labute approximate surface area is 203 Å². The normalized spacial score (nSPS) is 20.2. The number of nitrogens with zero attached hydrogens (tertiary/aromatic N) is 2. The van der Waals surface area contributed by atoms with E-state index in [1.807, 2.05) is 11.3 Å². The Morgan fingerprint density at radius 3 is 2.03 bits per heavy atom. The van der Waals surface area contributed by atoms with Gasteiger partial charge >= 0.3 is 24.3 Å². The minimum absolute atomic E-state index is 0.423. The standard InChI is InChI=1S/C17H28N2OS.2C2HF3O2/c1-4-20-11-15-7-8-18(3)17(9-15)12-19(13-17)10-16-6-5-14(2)21-16;2*3-2(4,5)1(6)7/h5-6,15H,4,7-13H2,1-3H3;2*(H,6,7). The van der Waals surface area contributed by atoms with Gasteiger partial charge in [-0.1, -0.05) is 0 Å². The minimum atomic E-state index is -5.08. The number of likely N-dealkylation sites (N-methyl/N-ethyl adjacent to an activating group) is 1. The van der Waals surface area contributed by atoms with E-state index in [2.05, 4.69) is 42.8 Å². The number of hydrogen-bond acceptors (Lipinski definition) is 6. The lowest BCUT2D eigenvalue weighted by Gasteiger charge is -2.58. The second-order valence-corrected chi connectivity index (χ2v) is 9.80. The molecule has 3 heterocycles. The van der Waals surface area contributed by atoms with E-state index in [0.717, 1.165) is 25.7 Å². The summed E-state index contributed by atoms with van der Waals surface area (Å²) in [5, 5.41) is 14.2. The Balaban J connectivity index is 0.000000362. The van der Waals surface area contributed by atoms with E-state index in [1.165, 1.54) is 42.2 Å². The summed E-state index contributed by atoms with van der Waals surface area (Å²) in [5.41, 5.74) is 0.423. The first-order valence-corrected chi connectivity index (χ1v) is 11.5. The Morgan fingerprint density at radius 1 is 1.11 bits per heavy atom. The SMILES string of the molecule is CCOCC1CCN(C)C2(C1)CN(Cc1ccc(C)s1)C2.O=C(O)C(F)(F)F.O=C(O)C(F)(F)F. The largest absolute Gasteiger partial charge is 0.490 e. The maximum atomic E-state index is 10.6. The van der Waals surface area contributed by atoms with Crippen molar-refractivity contribution in [2.24, 2.45) is 5.92 Å². The number of alkyl halides is 6. The summed E-state index contributed by atoms with van der Waals surface area (Å²) in [7, 11) is 2.31. The van der Waals surface area contributed by atoms with E-state index < -0.39 is 24.3 Å². The third-order valence-electron chi connectivity index (χ3n) is 5.61. The first kappa shape index (κ1) is 31.1. The summed E-state index contributed by atoms with van der Waals surface area (Å²) in [6.45, 7) is 10.9. The fourth-order valence-electron chi connectivity index (χ4n) is 3.89. The van der Waals surface area contributed by atoms with Crippen molar-refractivity contribution in [2.45, 2.75) is 51.1 Å². The maximum Gasteiger partial charge on any atom is 0.490 e. The number of rotatable bonds is 5. The van der Waals surface area contributed by atoms with Gasteiger partial charge in [0.05, 0.1) is 0 Å². The molecule has 0 aromatic carbocycles. The Bertz CT molecular complexity index is 798. The molecular weight excluding hydrogens is 506 g/mol. The van der Waals surface area contributed by atoms with E-state index in [4.69, 9.17) is 24.5 Å². The molecule has 35 heavy (non-hydrogen) atoms. The average Bonchev–Trinajstić information content (AvgIpc) is 3.11. The molecule has 0 radical (unpaired) electrons. The lowest BCUT2D eigenvalue weighted by Crippen LogP contribution is -2.71. The van der Waals surface area contributed by atoms with Crippen molar-refractivity contribution in [3.63, 3.8) is 0 Å². The molecule has 14 heteroatoms. The molecule has 1 spiro atoms. The fraction of sp³-hybridized carbons (Fsp3) is 0.714. The van der Waals surface area contributed by atoms with Crippen molar-refractivity contribution in [3.8, 4) is 0 Å². The molecule has 2 fully saturated rings. The monoisotopic (exact) mass is 536 g/mol. The van der Waals surface area contributed by atoms with Crippen LogP contribution in [-0.2, 0) is 20.9 Å². The number of likely N-dealkylation sites (tertiary alicyclic amines) is 2. The molecule has 2 aliphatic rings. The molecule has 3 rings (SSSR count). The van der Waals surface area contributed by atoms with Crippen LogP contribution < -0.4 is 0 Å². The highest BCUT2D eigenvalue weighted by atomic mass is 32.1. The minimum Gasteiger partial charge on any atom is -0.475 e. The lowest BCUT2D eigenvalue weighted by atomic mass is 9.75. The van der Waals surface area contributed by atoms with Crippen molar-refractivity contribution in [1.82, 2.24) is 9.80 Å². The summed E-state index contributed by atoms with van der Waals surface area (Å²) in [6, 6.07) is 4.52. The number of aryl methyl sites for hydroxylation is 1. The lowest BCUT2D eigenvalue weighted by molar-refractivity contribution is -0.193. The van der Waals surface area contributed by atoms with Crippen LogP contribution in [0.25, 0.3) is 0 Å². The van der Waals surface area contributed by atoms with Gasteiger partial charge in [-0.25, -0.2) is 9.59 Å². The smallest absolute Gasteiger partial charge is 0.475 e. The molecule has 0 saturated carbocycles. The predicted molar refractivity (Wildman–Crippen MR) is 116 cm³/mol. The van der Waals surface area contributed by atoms with Gasteiger partial charge in [0.2, 0.25) is 0 Å². The zero-order valence-electron chi connectivity index (χ0n) is 19.6. The third-order valence-corrected chi connectivity index (χ3v) is 6.59. The van der Waals surface area contributed by atoms with Gasteiger partial charge in [0.25, 0.3) is 0 Å². The number of carboxylic acid groups (broad SMARTS) is 2. The number of halogens is 6. The number of aliphatic carboxylic acids is 2. The van der Waals surface area contributed by atoms with Crippen LogP contribution in [0.1, 0.15) is 29.5 Å². The van der Waals surface area contributed by atoms with Crippen LogP contribution in [0, 0.1) is 12.8 Å². The molecular formula is C21H30F6N2O5S. The number of thiophene rings is 1. The second kappa shape index (κ2) is 12.9. The quantitative estimate of drug-likeness (QED) is 0.544. The molecule has 2 N–H and O–H groups in total. The summed E-state index contributed by atoms with van der Waals surface area (Å²) in [5.74, 6) is -4.76. The van der Waals surface area contributed by atoms with Crippen LogP contribution in [0.3, 0.4) is 0 Å². The zero-order valence-corrected chi connectivity index (χ0v) is 20.4. The molecule has 7 nitrogen and oxygen atoms in total. The van der Waals surface area contributed by atoms with Crippen molar-refractivity contribution in [1.29, 1.82) is 0 Å². The van der Waals surface area contributed by atoms with E-state index in [1.54, 1.807) is 0 Å². The molecule has 2 saturated heterocycles. The van der Waals surface area contributed by atoms with Crippen LogP contribution in [0.4, 0.5) is 26.3 Å². The number of piperidine rings is 1. The molecule has 0 aliphatic carbocycles. The number of carboxylic acids is 2. The van der Waals surface area contributed by atoms with Crippen LogP contribution in [0.15, 0.2) is 12.1 Å². The van der Waals surface area contributed by atoms with Gasteiger partial charge < -0.3 is 14.9 Å². The Morgan fingerprint density at radius 2 is 1.63 bits per heavy atom. The summed E-state index contributed by atoms with van der Waals surface area (Å²) < 4.78 is 69.1. The molecule has 1 unspecified atom stereocenters. The molecule has 1 atom stereocenters. The van der Waals surface area contributed by atoms with Gasteiger partial charge in [0, 0.05) is 48.1 Å². The van der Waals surface area contributed by atoms with Crippen LogP contribution in [-0.4, -0.2) is 89.7 Å². The number of ether oxygens (including phenoxy) is 1. The summed E-state index contributed by atoms with van der Waals surface area (Å²) in [6.07, 6.45) is -7.56. The maximum absolute atomic E-state index is 10.6. The van der Waals surface area contributed by atoms with Gasteiger partial charge in [-0.15, -0.1) is 11.3 Å². The predicted octanol–water partition coefficient (Wildman–Crippen LogP) is 4.26. The third kappa shape index (κ3) is 10.3. The molecule has 0 amide bonds. The van der Waals surface area contributed by atoms with Crippen LogP contribution in [0.5, 0.6) is 0 Å². The first-order valence-electron chi connectivity index (χ1n) is 10.7. The van der Waals surface area contributed by atoms with E-state index in [9.17, 15) is 26.3 Å². The summed E-state index contributed by atoms with van der Waals surface area (Å²) in [4.78, 5) is 25.9. The van der Waals surface area contributed by atoms with Gasteiger partial charge in [-0.3, -0.25) is 9.80 Å². The van der Waals surface area contributed by atoms with Gasteiger partial charge in [-0.2, -0.15) is 26.3 Å². The number of carbonyl (C=O) groups is 2. The van der Waals surface area contributed by atoms with Crippen molar-refractivity contribution >= 4 is 23.3 Å². The van der Waals surface area contributed by atoms with Gasteiger partial charge in [0.15, 0.2) is 0 Å². The average molecular weight is 537 g/mol. The van der Waals surface area contributed by atoms with E-state index in [-0.39, 0.29) is 0 Å². The van der Waals surface area contributed by atoms with Crippen molar-refractivity contribution < 1.29 is 50.9 Å². The molecule has 1 aromatic rings. The zero-order chi connectivity index (χ0) is 27.0. The first-order chi connectivity index (χ1) is 16.0.